The number of rotatable bonds is 5. The Bertz CT molecular complexity index is 647. The number of benzene rings is 1. The molecule has 6 nitrogen and oxygen atoms in total. The lowest BCUT2D eigenvalue weighted by molar-refractivity contribution is 0.395. The van der Waals surface area contributed by atoms with Crippen LogP contribution in [0.2, 0.25) is 0 Å². The fraction of sp³-hybridized carbons (Fsp3) is 0.333. The second-order valence-corrected chi connectivity index (χ2v) is 5.05. The van der Waals surface area contributed by atoms with Crippen molar-refractivity contribution in [3.63, 3.8) is 0 Å². The predicted octanol–water partition coefficient (Wildman–Crippen LogP) is 3.04. The lowest BCUT2D eigenvalue weighted by atomic mass is 10.3. The Morgan fingerprint density at radius 1 is 1.18 bits per heavy atom. The van der Waals surface area contributed by atoms with Crippen LogP contribution in [0, 0.1) is 6.92 Å². The highest BCUT2D eigenvalue weighted by atomic mass is 32.1. The van der Waals surface area contributed by atoms with Gasteiger partial charge in [-0.05, 0) is 26.1 Å². The molecule has 0 saturated heterocycles. The largest absolute Gasteiger partial charge is 0.497 e. The summed E-state index contributed by atoms with van der Waals surface area (Å²) in [6, 6.07) is 5.49. The zero-order valence-electron chi connectivity index (χ0n) is 13.1. The zero-order chi connectivity index (χ0) is 16.1. The quantitative estimate of drug-likeness (QED) is 0.826. The molecule has 0 radical (unpaired) electrons. The van der Waals surface area contributed by atoms with Crippen molar-refractivity contribution in [3.05, 3.63) is 30.1 Å². The van der Waals surface area contributed by atoms with Crippen LogP contribution in [0.15, 0.2) is 24.4 Å². The van der Waals surface area contributed by atoms with Crippen LogP contribution in [0.3, 0.4) is 0 Å². The van der Waals surface area contributed by atoms with Crippen LogP contribution in [0.5, 0.6) is 11.5 Å². The Hall–Kier alpha value is -2.28. The van der Waals surface area contributed by atoms with E-state index in [1.165, 1.54) is 0 Å². The molecular formula is C15H20N4O2S. The van der Waals surface area contributed by atoms with Crippen LogP contribution in [0.25, 0.3) is 0 Å². The van der Waals surface area contributed by atoms with Crippen molar-refractivity contribution in [1.82, 2.24) is 9.78 Å². The molecule has 0 unspecified atom stereocenters. The van der Waals surface area contributed by atoms with Gasteiger partial charge in [0.05, 0.1) is 31.8 Å². The highest BCUT2D eigenvalue weighted by molar-refractivity contribution is 7.80. The van der Waals surface area contributed by atoms with Crippen molar-refractivity contribution in [2.75, 3.05) is 24.9 Å². The summed E-state index contributed by atoms with van der Waals surface area (Å²) in [4.78, 5) is 0. The molecule has 1 aromatic carbocycles. The van der Waals surface area contributed by atoms with Crippen molar-refractivity contribution in [2.45, 2.75) is 20.4 Å². The van der Waals surface area contributed by atoms with Crippen LogP contribution in [-0.4, -0.2) is 29.1 Å². The topological polar surface area (TPSA) is 60.3 Å². The molecule has 0 fully saturated rings. The van der Waals surface area contributed by atoms with Gasteiger partial charge in [0.15, 0.2) is 5.11 Å². The molecule has 0 aliphatic heterocycles. The summed E-state index contributed by atoms with van der Waals surface area (Å²) in [5.41, 5.74) is 2.71. The maximum absolute atomic E-state index is 5.34. The molecule has 0 amide bonds. The zero-order valence-corrected chi connectivity index (χ0v) is 14.0. The van der Waals surface area contributed by atoms with Gasteiger partial charge in [0, 0.05) is 30.4 Å². The minimum absolute atomic E-state index is 0.481. The maximum Gasteiger partial charge on any atom is 0.175 e. The molecule has 2 aromatic rings. The molecule has 118 valence electrons. The highest BCUT2D eigenvalue weighted by Gasteiger charge is 2.08. The van der Waals surface area contributed by atoms with E-state index in [4.69, 9.17) is 21.7 Å². The van der Waals surface area contributed by atoms with Gasteiger partial charge in [0.2, 0.25) is 0 Å². The predicted molar refractivity (Wildman–Crippen MR) is 92.0 cm³/mol. The molecule has 0 atom stereocenters. The third-order valence-corrected chi connectivity index (χ3v) is 3.46. The summed E-state index contributed by atoms with van der Waals surface area (Å²) in [5, 5.41) is 11.0. The Morgan fingerprint density at radius 3 is 2.32 bits per heavy atom. The molecule has 7 heteroatoms. The second-order valence-electron chi connectivity index (χ2n) is 4.64. The number of hydrogen-bond acceptors (Lipinski definition) is 4. The first-order chi connectivity index (χ1) is 10.6. The summed E-state index contributed by atoms with van der Waals surface area (Å²) in [7, 11) is 3.22. The molecule has 0 aliphatic carbocycles. The van der Waals surface area contributed by atoms with Gasteiger partial charge in [0.1, 0.15) is 11.5 Å². The molecule has 2 rings (SSSR count). The summed E-state index contributed by atoms with van der Waals surface area (Å²) in [6.45, 7) is 4.86. The van der Waals surface area contributed by atoms with Gasteiger partial charge in [-0.25, -0.2) is 0 Å². The maximum atomic E-state index is 5.34. The van der Waals surface area contributed by atoms with Gasteiger partial charge in [-0.1, -0.05) is 0 Å². The minimum atomic E-state index is 0.481. The highest BCUT2D eigenvalue weighted by Crippen LogP contribution is 2.26. The molecule has 1 heterocycles. The van der Waals surface area contributed by atoms with Crippen molar-refractivity contribution < 1.29 is 9.47 Å². The van der Waals surface area contributed by atoms with E-state index < -0.39 is 0 Å². The van der Waals surface area contributed by atoms with Crippen LogP contribution >= 0.6 is 12.2 Å². The standard InChI is InChI=1S/C15H20N4O2S/c1-5-19-10(2)14(9-16-19)18-15(22)17-11-6-12(20-3)8-13(7-11)21-4/h6-9H,5H2,1-4H3,(H2,17,18,22). The normalized spacial score (nSPS) is 10.2. The number of thiocarbonyl (C=S) groups is 1. The number of nitrogens with zero attached hydrogens (tertiary/aromatic N) is 2. The Labute approximate surface area is 135 Å². The molecule has 0 bridgehead atoms. The number of methoxy groups -OCH3 is 2. The average molecular weight is 320 g/mol. The summed E-state index contributed by atoms with van der Waals surface area (Å²) in [6.07, 6.45) is 1.76. The van der Waals surface area contributed by atoms with Crippen LogP contribution in [-0.2, 0) is 6.54 Å². The first-order valence-electron chi connectivity index (χ1n) is 6.90. The summed E-state index contributed by atoms with van der Waals surface area (Å²) >= 11 is 5.34. The fourth-order valence-corrected chi connectivity index (χ4v) is 2.28. The fourth-order valence-electron chi connectivity index (χ4n) is 2.05. The van der Waals surface area contributed by atoms with Crippen LogP contribution < -0.4 is 20.1 Å². The van der Waals surface area contributed by atoms with Gasteiger partial charge in [-0.15, -0.1) is 0 Å². The van der Waals surface area contributed by atoms with E-state index in [1.54, 1.807) is 26.5 Å². The Kier molecular flexibility index (Phi) is 5.21. The lowest BCUT2D eigenvalue weighted by Gasteiger charge is -2.12. The van der Waals surface area contributed by atoms with Gasteiger partial charge < -0.3 is 20.1 Å². The van der Waals surface area contributed by atoms with E-state index in [2.05, 4.69) is 15.7 Å². The number of ether oxygens (including phenoxy) is 2. The number of nitrogens with one attached hydrogen (secondary N) is 2. The number of anilines is 2. The first-order valence-corrected chi connectivity index (χ1v) is 7.31. The number of hydrogen-bond donors (Lipinski definition) is 2. The van der Waals surface area contributed by atoms with E-state index in [9.17, 15) is 0 Å². The van der Waals surface area contributed by atoms with E-state index in [-0.39, 0.29) is 0 Å². The summed E-state index contributed by atoms with van der Waals surface area (Å²) in [5.74, 6) is 1.39. The Morgan fingerprint density at radius 2 is 1.82 bits per heavy atom. The van der Waals surface area contributed by atoms with Gasteiger partial charge >= 0.3 is 0 Å². The molecule has 1 aromatic heterocycles. The SMILES string of the molecule is CCn1ncc(NC(=S)Nc2cc(OC)cc(OC)c2)c1C. The van der Waals surface area contributed by atoms with E-state index in [1.807, 2.05) is 30.7 Å². The lowest BCUT2D eigenvalue weighted by Crippen LogP contribution is -2.19. The Balaban J connectivity index is 2.10. The average Bonchev–Trinajstić information content (AvgIpc) is 2.86. The third kappa shape index (κ3) is 3.67. The molecule has 0 spiro atoms. The number of aryl methyl sites for hydroxylation is 1. The van der Waals surface area contributed by atoms with Crippen molar-refractivity contribution in [3.8, 4) is 11.5 Å². The van der Waals surface area contributed by atoms with Gasteiger partial charge in [-0.3, -0.25) is 4.68 Å². The van der Waals surface area contributed by atoms with Crippen LogP contribution in [0.4, 0.5) is 11.4 Å². The molecule has 2 N–H and O–H groups in total. The molecule has 0 saturated carbocycles. The minimum Gasteiger partial charge on any atom is -0.497 e. The molecular weight excluding hydrogens is 300 g/mol. The smallest absolute Gasteiger partial charge is 0.175 e. The van der Waals surface area contributed by atoms with Gasteiger partial charge in [0.25, 0.3) is 0 Å². The third-order valence-electron chi connectivity index (χ3n) is 3.26. The van der Waals surface area contributed by atoms with E-state index in [0.717, 1.165) is 23.6 Å². The van der Waals surface area contributed by atoms with E-state index in [0.29, 0.717) is 16.6 Å². The monoisotopic (exact) mass is 320 g/mol. The van der Waals surface area contributed by atoms with Crippen molar-refractivity contribution >= 4 is 28.7 Å². The summed E-state index contributed by atoms with van der Waals surface area (Å²) < 4.78 is 12.4. The van der Waals surface area contributed by atoms with Crippen LogP contribution in [0.1, 0.15) is 12.6 Å². The van der Waals surface area contributed by atoms with Gasteiger partial charge in [-0.2, -0.15) is 5.10 Å². The van der Waals surface area contributed by atoms with E-state index >= 15 is 0 Å². The van der Waals surface area contributed by atoms with Crippen molar-refractivity contribution in [1.29, 1.82) is 0 Å². The second kappa shape index (κ2) is 7.13. The molecule has 0 aliphatic rings. The first kappa shape index (κ1) is 16.1. The number of aromatic nitrogens is 2. The molecule has 22 heavy (non-hydrogen) atoms. The van der Waals surface area contributed by atoms with Crippen molar-refractivity contribution in [2.24, 2.45) is 0 Å².